The van der Waals surface area contributed by atoms with Crippen LogP contribution in [0.2, 0.25) is 0 Å². The maximum absolute atomic E-state index is 13.3. The fourth-order valence-electron chi connectivity index (χ4n) is 5.60. The summed E-state index contributed by atoms with van der Waals surface area (Å²) in [5.74, 6) is 0.789. The minimum atomic E-state index is -0.0457. The van der Waals surface area contributed by atoms with Crippen LogP contribution in [0.25, 0.3) is 10.9 Å². The quantitative estimate of drug-likeness (QED) is 0.607. The number of hydrogen-bond donors (Lipinski definition) is 2. The Labute approximate surface area is 199 Å². The molecule has 34 heavy (non-hydrogen) atoms. The van der Waals surface area contributed by atoms with Crippen molar-refractivity contribution in [1.29, 1.82) is 0 Å². The number of nitrogens with zero attached hydrogens (tertiary/aromatic N) is 3. The first-order chi connectivity index (χ1) is 16.6. The lowest BCUT2D eigenvalue weighted by molar-refractivity contribution is 0.0708. The molecular weight excluding hydrogens is 430 g/mol. The molecule has 3 N–H and O–H groups in total. The van der Waals surface area contributed by atoms with Crippen LogP contribution in [-0.2, 0) is 11.3 Å². The van der Waals surface area contributed by atoms with Gasteiger partial charge in [-0.3, -0.25) is 4.79 Å². The van der Waals surface area contributed by atoms with Gasteiger partial charge in [0.25, 0.3) is 5.91 Å². The second-order valence-electron chi connectivity index (χ2n) is 9.39. The third kappa shape index (κ3) is 3.49. The number of rotatable bonds is 5. The molecule has 1 saturated heterocycles. The normalized spacial score (nSPS) is 21.4. The summed E-state index contributed by atoms with van der Waals surface area (Å²) in [6.07, 6.45) is 1.87. The lowest BCUT2D eigenvalue weighted by atomic mass is 10.0. The molecule has 0 aliphatic carbocycles. The minimum Gasteiger partial charge on any atom is -0.489 e. The maximum atomic E-state index is 13.3. The number of benzene rings is 2. The van der Waals surface area contributed by atoms with Gasteiger partial charge >= 0.3 is 0 Å². The molecule has 3 aliphatic rings. The van der Waals surface area contributed by atoms with E-state index in [1.807, 2.05) is 17.0 Å². The fraction of sp³-hybridized carbons (Fsp3) is 0.423. The van der Waals surface area contributed by atoms with Gasteiger partial charge in [-0.25, -0.2) is 0 Å². The van der Waals surface area contributed by atoms with Gasteiger partial charge in [0.05, 0.1) is 24.5 Å². The second-order valence-corrected chi connectivity index (χ2v) is 9.39. The first kappa shape index (κ1) is 21.3. The Kier molecular flexibility index (Phi) is 5.34. The van der Waals surface area contributed by atoms with E-state index in [0.717, 1.165) is 49.6 Å². The smallest absolute Gasteiger partial charge is 0.254 e. The summed E-state index contributed by atoms with van der Waals surface area (Å²) in [6, 6.07) is 14.6. The largest absolute Gasteiger partial charge is 0.489 e. The van der Waals surface area contributed by atoms with Crippen LogP contribution in [0.5, 0.6) is 5.75 Å². The average molecular weight is 462 g/mol. The molecule has 3 aromatic rings. The molecule has 1 unspecified atom stereocenters. The van der Waals surface area contributed by atoms with E-state index in [1.165, 1.54) is 16.6 Å². The van der Waals surface area contributed by atoms with Crippen molar-refractivity contribution in [3.8, 4) is 5.75 Å². The van der Waals surface area contributed by atoms with Crippen molar-refractivity contribution < 1.29 is 14.3 Å². The van der Waals surface area contributed by atoms with Crippen LogP contribution in [-0.4, -0.2) is 61.4 Å². The van der Waals surface area contributed by atoms with E-state index in [0.29, 0.717) is 25.3 Å². The molecule has 6 rings (SSSR count). The number of likely N-dealkylation sites (tertiary alicyclic amines) is 1. The van der Waals surface area contributed by atoms with Crippen molar-refractivity contribution in [3.63, 3.8) is 0 Å². The van der Waals surface area contributed by atoms with Crippen molar-refractivity contribution in [2.24, 2.45) is 5.73 Å². The van der Waals surface area contributed by atoms with Crippen molar-refractivity contribution in [3.05, 3.63) is 53.7 Å². The van der Waals surface area contributed by atoms with Gasteiger partial charge in [0, 0.05) is 49.3 Å². The van der Waals surface area contributed by atoms with Gasteiger partial charge in [-0.1, -0.05) is 18.2 Å². The number of fused-ring (bicyclic) bond motifs is 1. The molecule has 1 aromatic heterocycles. The fourth-order valence-corrected chi connectivity index (χ4v) is 5.60. The molecule has 8 nitrogen and oxygen atoms in total. The van der Waals surface area contributed by atoms with E-state index < -0.39 is 0 Å². The zero-order valence-corrected chi connectivity index (χ0v) is 19.5. The van der Waals surface area contributed by atoms with Gasteiger partial charge in [0.15, 0.2) is 0 Å². The Hall–Kier alpha value is -3.23. The molecule has 8 heteroatoms. The van der Waals surface area contributed by atoms with Gasteiger partial charge in [0.1, 0.15) is 24.2 Å². The number of anilines is 2. The van der Waals surface area contributed by atoms with Crippen LogP contribution in [0, 0.1) is 0 Å². The number of nitrogens with two attached hydrogens (primary N) is 1. The molecule has 2 atom stereocenters. The Morgan fingerprint density at radius 2 is 2.12 bits per heavy atom. The van der Waals surface area contributed by atoms with E-state index in [4.69, 9.17) is 15.2 Å². The number of carbonyl (C=O) groups is 1. The van der Waals surface area contributed by atoms with Crippen molar-refractivity contribution >= 4 is 28.2 Å². The number of hydrogen-bond acceptors (Lipinski definition) is 6. The highest BCUT2D eigenvalue weighted by atomic mass is 16.5. The van der Waals surface area contributed by atoms with Gasteiger partial charge in [-0.2, -0.15) is 0 Å². The highest BCUT2D eigenvalue weighted by Crippen LogP contribution is 2.50. The number of amides is 1. The topological polar surface area (TPSA) is 85.0 Å². The van der Waals surface area contributed by atoms with Crippen LogP contribution in [0.4, 0.5) is 11.4 Å². The lowest BCUT2D eigenvalue weighted by Gasteiger charge is -2.33. The molecule has 0 bridgehead atoms. The van der Waals surface area contributed by atoms with Crippen LogP contribution in [0.1, 0.15) is 35.1 Å². The van der Waals surface area contributed by atoms with E-state index >= 15 is 0 Å². The Morgan fingerprint density at radius 3 is 2.97 bits per heavy atom. The van der Waals surface area contributed by atoms with Gasteiger partial charge < -0.3 is 34.9 Å². The molecule has 1 fully saturated rings. The van der Waals surface area contributed by atoms with Gasteiger partial charge in [0.2, 0.25) is 0 Å². The number of nitrogens with one attached hydrogen (secondary N) is 1. The number of carbonyl (C=O) groups excluding carboxylic acids is 1. The molecule has 4 heterocycles. The summed E-state index contributed by atoms with van der Waals surface area (Å²) < 4.78 is 13.8. The van der Waals surface area contributed by atoms with Gasteiger partial charge in [-0.05, 0) is 37.1 Å². The first-order valence-corrected chi connectivity index (χ1v) is 12.1. The molecule has 3 aliphatic heterocycles. The predicted molar refractivity (Wildman–Crippen MR) is 133 cm³/mol. The average Bonchev–Trinajstić information content (AvgIpc) is 3.41. The third-order valence-electron chi connectivity index (χ3n) is 7.19. The molecule has 1 amide bonds. The Bertz CT molecular complexity index is 1240. The van der Waals surface area contributed by atoms with Crippen LogP contribution in [0.15, 0.2) is 42.5 Å². The highest BCUT2D eigenvalue weighted by Gasteiger charge is 2.38. The third-order valence-corrected chi connectivity index (χ3v) is 7.19. The van der Waals surface area contributed by atoms with Crippen LogP contribution < -0.4 is 20.7 Å². The van der Waals surface area contributed by atoms with Crippen LogP contribution >= 0.6 is 0 Å². The predicted octanol–water partition coefficient (Wildman–Crippen LogP) is 3.17. The molecule has 0 radical (unpaired) electrons. The first-order valence-electron chi connectivity index (χ1n) is 12.1. The molecule has 178 valence electrons. The maximum Gasteiger partial charge on any atom is 0.254 e. The standard InChI is InChI=1S/C26H31N5O3/c1-33-11-9-30-21-7-3-2-5-17(21)14-22(30)25-28-20-13-18(15-23-24(20)31(25)10-12-34-23)26(32)29-8-4-6-19(27)16-29/h2-3,5,7,13-15,19,25,28H,4,6,8-12,16,27H2,1H3/t19?,25-/m1/s1. The minimum absolute atomic E-state index is 0.0226. The van der Waals surface area contributed by atoms with E-state index in [-0.39, 0.29) is 18.1 Å². The number of aromatic nitrogens is 1. The molecule has 2 aromatic carbocycles. The molecule has 0 saturated carbocycles. The summed E-state index contributed by atoms with van der Waals surface area (Å²) in [7, 11) is 1.73. The van der Waals surface area contributed by atoms with Crippen molar-refractivity contribution in [1.82, 2.24) is 9.47 Å². The zero-order chi connectivity index (χ0) is 23.2. The van der Waals surface area contributed by atoms with E-state index in [2.05, 4.69) is 45.1 Å². The second kappa shape index (κ2) is 8.52. The van der Waals surface area contributed by atoms with Crippen molar-refractivity contribution in [2.75, 3.05) is 50.2 Å². The number of piperidine rings is 1. The molecular formula is C26H31N5O3. The highest BCUT2D eigenvalue weighted by molar-refractivity contribution is 5.99. The number of para-hydroxylation sites is 1. The van der Waals surface area contributed by atoms with Gasteiger partial charge in [-0.15, -0.1) is 0 Å². The zero-order valence-electron chi connectivity index (χ0n) is 19.5. The summed E-state index contributed by atoms with van der Waals surface area (Å²) in [5.41, 5.74) is 11.1. The molecule has 0 spiro atoms. The summed E-state index contributed by atoms with van der Waals surface area (Å²) in [6.45, 7) is 4.11. The lowest BCUT2D eigenvalue weighted by Crippen LogP contribution is -2.45. The summed E-state index contributed by atoms with van der Waals surface area (Å²) in [4.78, 5) is 17.5. The Morgan fingerprint density at radius 1 is 1.24 bits per heavy atom. The van der Waals surface area contributed by atoms with E-state index in [1.54, 1.807) is 7.11 Å². The van der Waals surface area contributed by atoms with E-state index in [9.17, 15) is 4.79 Å². The summed E-state index contributed by atoms with van der Waals surface area (Å²) >= 11 is 0. The SMILES string of the molecule is COCCn1c([C@@H]2Nc3cc(C(=O)N4CCCC(N)C4)cc4c3N2CCO4)cc2ccccc21. The van der Waals surface area contributed by atoms with Crippen molar-refractivity contribution in [2.45, 2.75) is 31.6 Å². The Balaban J connectivity index is 1.37. The summed E-state index contributed by atoms with van der Waals surface area (Å²) in [5, 5.41) is 4.91. The number of methoxy groups -OCH3 is 1. The monoisotopic (exact) mass is 461 g/mol. The number of ether oxygens (including phenoxy) is 2. The van der Waals surface area contributed by atoms with Crippen LogP contribution in [0.3, 0.4) is 0 Å².